The smallest absolute Gasteiger partial charge is 0.408 e. The van der Waals surface area contributed by atoms with E-state index in [0.29, 0.717) is 15.2 Å². The van der Waals surface area contributed by atoms with Crippen molar-refractivity contribution in [3.63, 3.8) is 0 Å². The summed E-state index contributed by atoms with van der Waals surface area (Å²) in [5, 5.41) is 10.2. The van der Waals surface area contributed by atoms with E-state index in [1.54, 1.807) is 0 Å². The van der Waals surface area contributed by atoms with E-state index in [0.717, 1.165) is 5.56 Å². The van der Waals surface area contributed by atoms with Gasteiger partial charge < -0.3 is 20.6 Å². The predicted molar refractivity (Wildman–Crippen MR) is 102 cm³/mol. The molecule has 0 aliphatic rings. The summed E-state index contributed by atoms with van der Waals surface area (Å²) < 4.78 is 5.76. The van der Waals surface area contributed by atoms with Crippen LogP contribution in [-0.2, 0) is 16.1 Å². The molecular weight excluding hydrogens is 372 g/mol. The van der Waals surface area contributed by atoms with Crippen LogP contribution in [-0.4, -0.2) is 28.2 Å². The summed E-state index contributed by atoms with van der Waals surface area (Å²) in [6.45, 7) is 3.99. The van der Waals surface area contributed by atoms with Crippen molar-refractivity contribution in [3.05, 3.63) is 44.9 Å². The number of carbonyl (C=O) groups is 2. The molecule has 0 spiro atoms. The van der Waals surface area contributed by atoms with Gasteiger partial charge in [0.05, 0.1) is 5.92 Å². The molecule has 26 heavy (non-hydrogen) atoms. The molecule has 2 aromatic rings. The number of carbonyl (C=O) groups excluding carboxylic acids is 2. The summed E-state index contributed by atoms with van der Waals surface area (Å²) in [7, 11) is 0. The molecule has 0 radical (unpaired) electrons. The molecule has 0 bridgehead atoms. The lowest BCUT2D eigenvalue weighted by Crippen LogP contribution is -2.61. The zero-order valence-electron chi connectivity index (χ0n) is 14.6. The molecule has 0 saturated carbocycles. The number of amides is 1. The third kappa shape index (κ3) is 5.20. The number of aromatic nitrogens is 2. The third-order valence-electron chi connectivity index (χ3n) is 3.91. The number of hydrogen-bond donors (Lipinski definition) is 3. The summed E-state index contributed by atoms with van der Waals surface area (Å²) in [5.74, 6) is -0.404. The van der Waals surface area contributed by atoms with Crippen LogP contribution in [0.1, 0.15) is 36.8 Å². The minimum atomic E-state index is -1.34. The highest BCUT2D eigenvalue weighted by atomic mass is 32.1. The zero-order chi connectivity index (χ0) is 19.2. The van der Waals surface area contributed by atoms with Crippen LogP contribution in [0.15, 0.2) is 30.3 Å². The second-order valence-electron chi connectivity index (χ2n) is 6.27. The SMILES string of the molecule is CC(C)C(c1n[nH]c(=S)s1)C(N)(CC=O)NC(=O)OCc1ccccc1. The summed E-state index contributed by atoms with van der Waals surface area (Å²) >= 11 is 6.36. The van der Waals surface area contributed by atoms with Gasteiger partial charge in [-0.3, -0.25) is 5.10 Å². The van der Waals surface area contributed by atoms with Crippen LogP contribution in [0.4, 0.5) is 4.79 Å². The van der Waals surface area contributed by atoms with Gasteiger partial charge in [-0.05, 0) is 23.7 Å². The first kappa shape index (κ1) is 20.2. The quantitative estimate of drug-likeness (QED) is 0.360. The molecule has 7 nitrogen and oxygen atoms in total. The van der Waals surface area contributed by atoms with E-state index >= 15 is 0 Å². The Kier molecular flexibility index (Phi) is 7.01. The van der Waals surface area contributed by atoms with Crippen LogP contribution in [0, 0.1) is 9.87 Å². The van der Waals surface area contributed by atoms with Crippen molar-refractivity contribution in [3.8, 4) is 0 Å². The lowest BCUT2D eigenvalue weighted by atomic mass is 9.82. The van der Waals surface area contributed by atoms with Gasteiger partial charge in [0.25, 0.3) is 0 Å². The molecule has 4 N–H and O–H groups in total. The molecule has 140 valence electrons. The number of nitrogens with zero attached hydrogens (tertiary/aromatic N) is 1. The lowest BCUT2D eigenvalue weighted by molar-refractivity contribution is -0.109. The summed E-state index contributed by atoms with van der Waals surface area (Å²) in [6, 6.07) is 9.29. The Balaban J connectivity index is 2.16. The van der Waals surface area contributed by atoms with E-state index in [9.17, 15) is 9.59 Å². The van der Waals surface area contributed by atoms with Gasteiger partial charge in [-0.15, -0.1) is 0 Å². The van der Waals surface area contributed by atoms with Gasteiger partial charge in [-0.1, -0.05) is 55.5 Å². The van der Waals surface area contributed by atoms with Gasteiger partial charge in [-0.2, -0.15) is 5.10 Å². The first-order chi connectivity index (χ1) is 12.4. The fourth-order valence-electron chi connectivity index (χ4n) is 2.82. The lowest BCUT2D eigenvalue weighted by Gasteiger charge is -2.37. The highest BCUT2D eigenvalue weighted by Crippen LogP contribution is 2.35. The molecule has 0 aliphatic carbocycles. The summed E-state index contributed by atoms with van der Waals surface area (Å²) in [6.07, 6.45) is -0.0931. The fraction of sp³-hybridized carbons (Fsp3) is 0.412. The molecule has 1 heterocycles. The van der Waals surface area contributed by atoms with Crippen molar-refractivity contribution in [2.45, 2.75) is 38.5 Å². The van der Waals surface area contributed by atoms with E-state index in [1.807, 2.05) is 44.2 Å². The predicted octanol–water partition coefficient (Wildman–Crippen LogP) is 3.11. The summed E-state index contributed by atoms with van der Waals surface area (Å²) in [5.41, 5.74) is 5.96. The fourth-order valence-corrected chi connectivity index (χ4v) is 4.10. The van der Waals surface area contributed by atoms with Gasteiger partial charge in [0, 0.05) is 6.42 Å². The van der Waals surface area contributed by atoms with E-state index in [-0.39, 0.29) is 18.9 Å². The van der Waals surface area contributed by atoms with E-state index in [1.165, 1.54) is 11.3 Å². The minimum Gasteiger partial charge on any atom is -0.445 e. The molecule has 0 fully saturated rings. The van der Waals surface area contributed by atoms with Gasteiger partial charge in [-0.25, -0.2) is 4.79 Å². The number of hydrogen-bond acceptors (Lipinski definition) is 7. The van der Waals surface area contributed by atoms with Crippen molar-refractivity contribution < 1.29 is 14.3 Å². The molecule has 2 rings (SSSR count). The van der Waals surface area contributed by atoms with Crippen LogP contribution in [0.2, 0.25) is 0 Å². The molecule has 0 saturated heterocycles. The maximum absolute atomic E-state index is 12.3. The number of nitrogens with one attached hydrogen (secondary N) is 2. The van der Waals surface area contributed by atoms with Crippen LogP contribution < -0.4 is 11.1 Å². The van der Waals surface area contributed by atoms with Crippen LogP contribution in [0.25, 0.3) is 0 Å². The van der Waals surface area contributed by atoms with E-state index in [4.69, 9.17) is 22.7 Å². The van der Waals surface area contributed by atoms with Crippen molar-refractivity contribution >= 4 is 35.9 Å². The number of benzene rings is 1. The van der Waals surface area contributed by atoms with Gasteiger partial charge in [0.2, 0.25) is 0 Å². The highest BCUT2D eigenvalue weighted by Gasteiger charge is 2.41. The van der Waals surface area contributed by atoms with Crippen molar-refractivity contribution in [2.75, 3.05) is 0 Å². The zero-order valence-corrected chi connectivity index (χ0v) is 16.2. The Morgan fingerprint density at radius 1 is 1.46 bits per heavy atom. The standard InChI is InChI=1S/C17H22N4O3S2/c1-11(2)13(14-20-21-16(25)26-14)17(18,8-9-22)19-15(23)24-10-12-6-4-3-5-7-12/h3-7,9,11,13H,8,10,18H2,1-2H3,(H,19,23)(H,21,25). The molecule has 1 aromatic heterocycles. The number of nitrogens with two attached hydrogens (primary N) is 1. The topological polar surface area (TPSA) is 110 Å². The normalized spacial score (nSPS) is 14.5. The van der Waals surface area contributed by atoms with Gasteiger partial charge in [0.15, 0.2) is 3.95 Å². The molecule has 0 aliphatic heterocycles. The van der Waals surface area contributed by atoms with Crippen LogP contribution in [0.5, 0.6) is 0 Å². The maximum Gasteiger partial charge on any atom is 0.408 e. The molecule has 1 aromatic carbocycles. The monoisotopic (exact) mass is 394 g/mol. The Morgan fingerprint density at radius 2 is 2.15 bits per heavy atom. The molecule has 1 amide bonds. The first-order valence-corrected chi connectivity index (χ1v) is 9.35. The third-order valence-corrected chi connectivity index (χ3v) is 5.08. The Hall–Kier alpha value is -2.10. The van der Waals surface area contributed by atoms with Crippen LogP contribution in [0.3, 0.4) is 0 Å². The molecule has 2 unspecified atom stereocenters. The van der Waals surface area contributed by atoms with Crippen LogP contribution >= 0.6 is 23.6 Å². The van der Waals surface area contributed by atoms with E-state index < -0.39 is 17.7 Å². The molecule has 9 heteroatoms. The first-order valence-electron chi connectivity index (χ1n) is 8.12. The van der Waals surface area contributed by atoms with E-state index in [2.05, 4.69) is 15.5 Å². The van der Waals surface area contributed by atoms with Gasteiger partial charge >= 0.3 is 6.09 Å². The van der Waals surface area contributed by atoms with Crippen molar-refractivity contribution in [1.29, 1.82) is 0 Å². The molecular formula is C17H22N4O3S2. The Labute approximate surface area is 161 Å². The number of alkyl carbamates (subject to hydrolysis) is 1. The maximum atomic E-state index is 12.3. The number of aldehydes is 1. The second-order valence-corrected chi connectivity index (χ2v) is 7.97. The van der Waals surface area contributed by atoms with Crippen molar-refractivity contribution in [2.24, 2.45) is 11.7 Å². The second kappa shape index (κ2) is 9.02. The Bertz CT molecular complexity index is 791. The summed E-state index contributed by atoms with van der Waals surface area (Å²) in [4.78, 5) is 23.5. The van der Waals surface area contributed by atoms with Crippen molar-refractivity contribution in [1.82, 2.24) is 15.5 Å². The number of H-pyrrole nitrogens is 1. The molecule has 2 atom stereocenters. The largest absolute Gasteiger partial charge is 0.445 e. The van der Waals surface area contributed by atoms with Gasteiger partial charge in [0.1, 0.15) is 23.6 Å². The average Bonchev–Trinajstić information content (AvgIpc) is 2.99. The number of ether oxygens (including phenoxy) is 1. The average molecular weight is 395 g/mol. The minimum absolute atomic E-state index is 0.00308. The highest BCUT2D eigenvalue weighted by molar-refractivity contribution is 7.73. The number of rotatable bonds is 8. The number of aromatic amines is 1. The Morgan fingerprint density at radius 3 is 2.69 bits per heavy atom.